The number of benzene rings is 1. The zero-order chi connectivity index (χ0) is 23.4. The number of nitrogens with zero attached hydrogens (tertiary/aromatic N) is 3. The summed E-state index contributed by atoms with van der Waals surface area (Å²) in [6.07, 6.45) is -0.674. The van der Waals surface area contributed by atoms with Crippen LogP contribution in [0.25, 0.3) is 0 Å². The number of aryl methyl sites for hydroxylation is 1. The van der Waals surface area contributed by atoms with Crippen molar-refractivity contribution in [2.24, 2.45) is 7.05 Å². The van der Waals surface area contributed by atoms with Crippen molar-refractivity contribution in [3.05, 3.63) is 52.2 Å². The molecule has 1 unspecified atom stereocenters. The monoisotopic (exact) mass is 482 g/mol. The maximum Gasteiger partial charge on any atom is 0.340 e. The molecule has 0 fully saturated rings. The predicted octanol–water partition coefficient (Wildman–Crippen LogP) is 4.12. The molecule has 0 bridgehead atoms. The van der Waals surface area contributed by atoms with E-state index >= 15 is 0 Å². The quantitative estimate of drug-likeness (QED) is 0.381. The summed E-state index contributed by atoms with van der Waals surface area (Å²) >= 11 is 2.41. The molecule has 32 heavy (non-hydrogen) atoms. The maximum atomic E-state index is 13.8. The summed E-state index contributed by atoms with van der Waals surface area (Å²) in [5, 5.41) is 11.7. The van der Waals surface area contributed by atoms with Crippen molar-refractivity contribution in [1.82, 2.24) is 14.8 Å². The summed E-state index contributed by atoms with van der Waals surface area (Å²) in [4.78, 5) is 25.1. The largest absolute Gasteiger partial charge is 0.480 e. The van der Waals surface area contributed by atoms with Gasteiger partial charge in [0.15, 0.2) is 28.7 Å². The Morgan fingerprint density at radius 2 is 2.03 bits per heavy atom. The fraction of sp³-hybridized carbons (Fsp3) is 0.300. The van der Waals surface area contributed by atoms with Crippen LogP contribution in [-0.2, 0) is 16.6 Å². The van der Waals surface area contributed by atoms with Crippen molar-refractivity contribution in [3.8, 4) is 5.75 Å². The zero-order valence-electron chi connectivity index (χ0n) is 17.6. The van der Waals surface area contributed by atoms with Gasteiger partial charge in [-0.2, -0.15) is 0 Å². The van der Waals surface area contributed by atoms with Crippen LogP contribution in [0.3, 0.4) is 0 Å². The number of carbonyl (C=O) groups is 2. The molecule has 8 nitrogen and oxygen atoms in total. The molecule has 1 N–H and O–H groups in total. The lowest BCUT2D eigenvalue weighted by molar-refractivity contribution is -0.113. The van der Waals surface area contributed by atoms with Gasteiger partial charge in [0.1, 0.15) is 10.8 Å². The standard InChI is InChI=1S/C20H20F2N4O4S2/c1-10-7-13(19(28)29-4)18(32-10)23-16(27)9-31-20-25-24-17(26(20)3)11(2)30-15-6-5-12(21)8-14(15)22/h5-8,11H,9H2,1-4H3,(H,23,27). The fourth-order valence-electron chi connectivity index (χ4n) is 2.78. The number of thioether (sulfide) groups is 1. The summed E-state index contributed by atoms with van der Waals surface area (Å²) in [5.74, 6) is -2.06. The molecule has 12 heteroatoms. The lowest BCUT2D eigenvalue weighted by Gasteiger charge is -2.14. The van der Waals surface area contributed by atoms with Crippen LogP contribution < -0.4 is 10.1 Å². The van der Waals surface area contributed by atoms with E-state index in [0.717, 1.165) is 28.8 Å². The SMILES string of the molecule is COC(=O)c1cc(C)sc1NC(=O)CSc1nnc(C(C)Oc2ccc(F)cc2F)n1C. The number of rotatable bonds is 8. The molecule has 3 rings (SSSR count). The molecule has 3 aromatic rings. The Bertz CT molecular complexity index is 1150. The molecule has 0 aliphatic carbocycles. The molecule has 0 saturated carbocycles. The first-order chi connectivity index (χ1) is 15.2. The number of hydrogen-bond donors (Lipinski definition) is 1. The highest BCUT2D eigenvalue weighted by Crippen LogP contribution is 2.29. The van der Waals surface area contributed by atoms with E-state index in [1.54, 1.807) is 24.6 Å². The van der Waals surface area contributed by atoms with Crippen molar-refractivity contribution in [3.63, 3.8) is 0 Å². The molecule has 0 aliphatic rings. The second-order valence-electron chi connectivity index (χ2n) is 6.66. The number of ether oxygens (including phenoxy) is 2. The number of halogens is 2. The van der Waals surface area contributed by atoms with Gasteiger partial charge in [0.2, 0.25) is 5.91 Å². The number of methoxy groups -OCH3 is 1. The molecule has 170 valence electrons. The molecule has 1 atom stereocenters. The van der Waals surface area contributed by atoms with E-state index in [1.165, 1.54) is 24.5 Å². The normalized spacial score (nSPS) is 11.8. The Labute approximate surface area is 190 Å². The van der Waals surface area contributed by atoms with Crippen molar-refractivity contribution >= 4 is 40.0 Å². The Kier molecular flexibility index (Phi) is 7.46. The highest BCUT2D eigenvalue weighted by Gasteiger charge is 2.21. The van der Waals surface area contributed by atoms with Gasteiger partial charge in [0, 0.05) is 18.0 Å². The highest BCUT2D eigenvalue weighted by atomic mass is 32.2. The third-order valence-corrected chi connectivity index (χ3v) is 6.26. The van der Waals surface area contributed by atoms with Gasteiger partial charge in [-0.1, -0.05) is 11.8 Å². The first kappa shape index (κ1) is 23.7. The number of carbonyl (C=O) groups excluding carboxylic acids is 2. The predicted molar refractivity (Wildman–Crippen MR) is 116 cm³/mol. The van der Waals surface area contributed by atoms with Gasteiger partial charge in [-0.15, -0.1) is 21.5 Å². The summed E-state index contributed by atoms with van der Waals surface area (Å²) in [6, 6.07) is 4.69. The Morgan fingerprint density at radius 3 is 2.72 bits per heavy atom. The smallest absolute Gasteiger partial charge is 0.340 e. The van der Waals surface area contributed by atoms with Crippen LogP contribution in [0.5, 0.6) is 5.75 Å². The van der Waals surface area contributed by atoms with Crippen molar-refractivity contribution in [1.29, 1.82) is 0 Å². The fourth-order valence-corrected chi connectivity index (χ4v) is 4.42. The van der Waals surface area contributed by atoms with Crippen molar-refractivity contribution in [2.75, 3.05) is 18.2 Å². The van der Waals surface area contributed by atoms with Crippen LogP contribution in [0, 0.1) is 18.6 Å². The van der Waals surface area contributed by atoms with Crippen LogP contribution in [0.4, 0.5) is 13.8 Å². The van der Waals surface area contributed by atoms with E-state index in [2.05, 4.69) is 15.5 Å². The Hall–Kier alpha value is -2.99. The number of anilines is 1. The summed E-state index contributed by atoms with van der Waals surface area (Å²) < 4.78 is 38.8. The third kappa shape index (κ3) is 5.43. The van der Waals surface area contributed by atoms with Gasteiger partial charge >= 0.3 is 5.97 Å². The minimum absolute atomic E-state index is 0.0192. The van der Waals surface area contributed by atoms with Crippen LogP contribution in [0.1, 0.15) is 34.1 Å². The van der Waals surface area contributed by atoms with Crippen molar-refractivity contribution in [2.45, 2.75) is 25.1 Å². The molecular weight excluding hydrogens is 462 g/mol. The second kappa shape index (κ2) is 10.1. The van der Waals surface area contributed by atoms with E-state index < -0.39 is 23.7 Å². The number of esters is 1. The van der Waals surface area contributed by atoms with Gasteiger partial charge in [-0.25, -0.2) is 13.6 Å². The lowest BCUT2D eigenvalue weighted by atomic mass is 10.3. The summed E-state index contributed by atoms with van der Waals surface area (Å²) in [5.41, 5.74) is 0.299. The number of nitrogens with one attached hydrogen (secondary N) is 1. The average molecular weight is 483 g/mol. The molecule has 0 radical (unpaired) electrons. The molecule has 1 aromatic carbocycles. The maximum absolute atomic E-state index is 13.8. The first-order valence-corrected chi connectivity index (χ1v) is 11.1. The van der Waals surface area contributed by atoms with Crippen LogP contribution in [-0.4, -0.2) is 39.5 Å². The summed E-state index contributed by atoms with van der Waals surface area (Å²) in [7, 11) is 2.96. The lowest BCUT2D eigenvalue weighted by Crippen LogP contribution is -2.16. The average Bonchev–Trinajstić information content (AvgIpc) is 3.29. The van der Waals surface area contributed by atoms with E-state index in [-0.39, 0.29) is 17.4 Å². The number of aromatic nitrogens is 3. The molecule has 0 aliphatic heterocycles. The van der Waals surface area contributed by atoms with Gasteiger partial charge in [-0.05, 0) is 32.0 Å². The second-order valence-corrected chi connectivity index (χ2v) is 8.86. The Morgan fingerprint density at radius 1 is 1.28 bits per heavy atom. The minimum atomic E-state index is -0.819. The highest BCUT2D eigenvalue weighted by molar-refractivity contribution is 7.99. The van der Waals surface area contributed by atoms with E-state index in [0.29, 0.717) is 21.5 Å². The van der Waals surface area contributed by atoms with Crippen LogP contribution >= 0.6 is 23.1 Å². The molecule has 1 amide bonds. The van der Waals surface area contributed by atoms with E-state index in [1.807, 2.05) is 6.92 Å². The van der Waals surface area contributed by atoms with E-state index in [9.17, 15) is 18.4 Å². The minimum Gasteiger partial charge on any atom is -0.480 e. The van der Waals surface area contributed by atoms with Crippen LogP contribution in [0.15, 0.2) is 29.4 Å². The molecule has 2 heterocycles. The Balaban J connectivity index is 1.62. The van der Waals surface area contributed by atoms with E-state index in [4.69, 9.17) is 9.47 Å². The molecule has 0 spiro atoms. The zero-order valence-corrected chi connectivity index (χ0v) is 19.3. The van der Waals surface area contributed by atoms with Gasteiger partial charge in [-0.3, -0.25) is 4.79 Å². The summed E-state index contributed by atoms with van der Waals surface area (Å²) in [6.45, 7) is 3.48. The van der Waals surface area contributed by atoms with Gasteiger partial charge < -0.3 is 19.4 Å². The number of amides is 1. The number of hydrogen-bond acceptors (Lipinski definition) is 8. The van der Waals surface area contributed by atoms with Gasteiger partial charge in [0.25, 0.3) is 0 Å². The molecule has 0 saturated heterocycles. The number of thiophene rings is 1. The third-order valence-electron chi connectivity index (χ3n) is 4.28. The van der Waals surface area contributed by atoms with Crippen LogP contribution in [0.2, 0.25) is 0 Å². The van der Waals surface area contributed by atoms with Gasteiger partial charge in [0.05, 0.1) is 18.4 Å². The van der Waals surface area contributed by atoms with Crippen molar-refractivity contribution < 1.29 is 27.8 Å². The first-order valence-electron chi connectivity index (χ1n) is 9.32. The topological polar surface area (TPSA) is 95.3 Å². The molecule has 2 aromatic heterocycles. The molecular formula is C20H20F2N4O4S2.